The lowest BCUT2D eigenvalue weighted by molar-refractivity contribution is 0.233. The fourth-order valence-corrected chi connectivity index (χ4v) is 2.68. The standard InChI is InChI=1S/C18H23N5O2/c1-12-19-15-14(23(12)10-13-8-6-5-7-9-13)16(25)22(4)17(20-15)21-18(2,3)11-24/h5-9,24H,10-11H2,1-4H3,(H,20,21). The minimum atomic E-state index is -0.591. The van der Waals surface area contributed by atoms with Gasteiger partial charge in [0.05, 0.1) is 12.1 Å². The molecule has 2 N–H and O–H groups in total. The number of benzene rings is 1. The molecule has 0 amide bonds. The summed E-state index contributed by atoms with van der Waals surface area (Å²) in [5.74, 6) is 1.13. The molecule has 0 bridgehead atoms. The van der Waals surface area contributed by atoms with Crippen LogP contribution in [0.2, 0.25) is 0 Å². The molecule has 132 valence electrons. The van der Waals surface area contributed by atoms with Gasteiger partial charge in [0.2, 0.25) is 5.95 Å². The van der Waals surface area contributed by atoms with Crippen molar-refractivity contribution in [2.24, 2.45) is 7.05 Å². The molecule has 0 spiro atoms. The summed E-state index contributed by atoms with van der Waals surface area (Å²) < 4.78 is 3.35. The molecule has 0 aliphatic heterocycles. The number of imidazole rings is 1. The highest BCUT2D eigenvalue weighted by atomic mass is 16.3. The van der Waals surface area contributed by atoms with Crippen LogP contribution in [-0.2, 0) is 13.6 Å². The summed E-state index contributed by atoms with van der Waals surface area (Å²) >= 11 is 0. The lowest BCUT2D eigenvalue weighted by Crippen LogP contribution is -2.38. The summed E-state index contributed by atoms with van der Waals surface area (Å²) in [4.78, 5) is 21.9. The summed E-state index contributed by atoms with van der Waals surface area (Å²) in [5, 5.41) is 12.5. The van der Waals surface area contributed by atoms with Crippen LogP contribution in [0.3, 0.4) is 0 Å². The summed E-state index contributed by atoms with van der Waals surface area (Å²) in [6, 6.07) is 9.94. The predicted octanol–water partition coefficient (Wildman–Crippen LogP) is 1.67. The fourth-order valence-electron chi connectivity index (χ4n) is 2.68. The fraction of sp³-hybridized carbons (Fsp3) is 0.389. The van der Waals surface area contributed by atoms with Crippen molar-refractivity contribution in [2.75, 3.05) is 11.9 Å². The van der Waals surface area contributed by atoms with E-state index in [0.717, 1.165) is 11.4 Å². The van der Waals surface area contributed by atoms with Crippen molar-refractivity contribution in [3.05, 3.63) is 52.1 Å². The van der Waals surface area contributed by atoms with Crippen LogP contribution in [-0.4, -0.2) is 36.4 Å². The van der Waals surface area contributed by atoms with Crippen LogP contribution in [0, 0.1) is 6.92 Å². The van der Waals surface area contributed by atoms with Gasteiger partial charge < -0.3 is 15.0 Å². The Morgan fingerprint density at radius 1 is 1.20 bits per heavy atom. The van der Waals surface area contributed by atoms with Crippen molar-refractivity contribution in [1.29, 1.82) is 0 Å². The van der Waals surface area contributed by atoms with E-state index in [0.29, 0.717) is 23.7 Å². The van der Waals surface area contributed by atoms with Crippen LogP contribution in [0.25, 0.3) is 11.2 Å². The number of fused-ring (bicyclic) bond motifs is 1. The summed E-state index contributed by atoms with van der Waals surface area (Å²) in [5.41, 5.74) is 1.23. The highest BCUT2D eigenvalue weighted by Crippen LogP contribution is 2.17. The first-order valence-electron chi connectivity index (χ1n) is 8.19. The Balaban J connectivity index is 2.12. The third-order valence-electron chi connectivity index (χ3n) is 4.21. The average molecular weight is 341 g/mol. The molecule has 7 heteroatoms. The lowest BCUT2D eigenvalue weighted by atomic mass is 10.1. The van der Waals surface area contributed by atoms with E-state index in [-0.39, 0.29) is 12.2 Å². The zero-order chi connectivity index (χ0) is 18.2. The molecule has 0 aliphatic rings. The Morgan fingerprint density at radius 3 is 2.52 bits per heavy atom. The summed E-state index contributed by atoms with van der Waals surface area (Å²) in [6.45, 7) is 6.03. The van der Waals surface area contributed by atoms with E-state index in [1.165, 1.54) is 4.57 Å². The van der Waals surface area contributed by atoms with E-state index in [1.807, 2.05) is 55.7 Å². The van der Waals surface area contributed by atoms with Gasteiger partial charge in [-0.2, -0.15) is 4.98 Å². The second-order valence-electron chi connectivity index (χ2n) is 6.87. The smallest absolute Gasteiger partial charge is 0.280 e. The Hall–Kier alpha value is -2.67. The van der Waals surface area contributed by atoms with Crippen molar-refractivity contribution in [1.82, 2.24) is 19.1 Å². The molecule has 2 aromatic heterocycles. The molecule has 0 unspecified atom stereocenters. The van der Waals surface area contributed by atoms with Crippen molar-refractivity contribution in [2.45, 2.75) is 32.9 Å². The zero-order valence-electron chi connectivity index (χ0n) is 14.9. The number of nitrogens with one attached hydrogen (secondary N) is 1. The molecule has 2 heterocycles. The van der Waals surface area contributed by atoms with E-state index < -0.39 is 5.54 Å². The molecular weight excluding hydrogens is 318 g/mol. The second-order valence-corrected chi connectivity index (χ2v) is 6.87. The number of aryl methyl sites for hydroxylation is 1. The highest BCUT2D eigenvalue weighted by molar-refractivity contribution is 5.72. The van der Waals surface area contributed by atoms with Crippen LogP contribution < -0.4 is 10.9 Å². The third-order valence-corrected chi connectivity index (χ3v) is 4.21. The number of aromatic nitrogens is 4. The van der Waals surface area contributed by atoms with E-state index in [2.05, 4.69) is 15.3 Å². The van der Waals surface area contributed by atoms with Gasteiger partial charge in [-0.15, -0.1) is 0 Å². The lowest BCUT2D eigenvalue weighted by Gasteiger charge is -2.25. The Bertz CT molecular complexity index is 957. The van der Waals surface area contributed by atoms with E-state index >= 15 is 0 Å². The van der Waals surface area contributed by atoms with E-state index in [9.17, 15) is 9.90 Å². The first kappa shape index (κ1) is 17.2. The minimum absolute atomic E-state index is 0.0810. The maximum Gasteiger partial charge on any atom is 0.280 e. The molecule has 0 saturated heterocycles. The number of aliphatic hydroxyl groups excluding tert-OH is 1. The molecule has 3 aromatic rings. The molecule has 25 heavy (non-hydrogen) atoms. The van der Waals surface area contributed by atoms with Crippen molar-refractivity contribution in [3.63, 3.8) is 0 Å². The number of anilines is 1. The first-order chi connectivity index (χ1) is 11.8. The SMILES string of the molecule is Cc1nc2nc(NC(C)(C)CO)n(C)c(=O)c2n1Cc1ccccc1. The van der Waals surface area contributed by atoms with Gasteiger partial charge in [0.1, 0.15) is 5.82 Å². The summed E-state index contributed by atoms with van der Waals surface area (Å²) in [6.07, 6.45) is 0. The predicted molar refractivity (Wildman–Crippen MR) is 97.8 cm³/mol. The maximum absolute atomic E-state index is 12.9. The summed E-state index contributed by atoms with van der Waals surface area (Å²) in [7, 11) is 1.67. The van der Waals surface area contributed by atoms with E-state index in [1.54, 1.807) is 7.05 Å². The molecule has 0 fully saturated rings. The van der Waals surface area contributed by atoms with Gasteiger partial charge in [0.15, 0.2) is 11.2 Å². The molecule has 7 nitrogen and oxygen atoms in total. The Morgan fingerprint density at radius 2 is 1.88 bits per heavy atom. The first-order valence-corrected chi connectivity index (χ1v) is 8.19. The van der Waals surface area contributed by atoms with Crippen LogP contribution in [0.4, 0.5) is 5.95 Å². The molecular formula is C18H23N5O2. The maximum atomic E-state index is 12.9. The number of hydrogen-bond acceptors (Lipinski definition) is 5. The molecule has 1 aromatic carbocycles. The van der Waals surface area contributed by atoms with Crippen LogP contribution in [0.15, 0.2) is 35.1 Å². The van der Waals surface area contributed by atoms with Crippen LogP contribution in [0.1, 0.15) is 25.2 Å². The topological polar surface area (TPSA) is 85.0 Å². The van der Waals surface area contributed by atoms with Gasteiger partial charge in [0, 0.05) is 13.6 Å². The Kier molecular flexibility index (Phi) is 4.34. The number of nitrogens with zero attached hydrogens (tertiary/aromatic N) is 4. The van der Waals surface area contributed by atoms with Gasteiger partial charge in [0.25, 0.3) is 5.56 Å². The molecule has 0 atom stereocenters. The van der Waals surface area contributed by atoms with E-state index in [4.69, 9.17) is 0 Å². The second kappa shape index (κ2) is 6.33. The van der Waals surface area contributed by atoms with Gasteiger partial charge in [-0.3, -0.25) is 9.36 Å². The van der Waals surface area contributed by atoms with Crippen LogP contribution >= 0.6 is 0 Å². The highest BCUT2D eigenvalue weighted by Gasteiger charge is 2.21. The monoisotopic (exact) mass is 341 g/mol. The van der Waals surface area contributed by atoms with Crippen LogP contribution in [0.5, 0.6) is 0 Å². The quantitative estimate of drug-likeness (QED) is 0.737. The van der Waals surface area contributed by atoms with Crippen molar-refractivity contribution in [3.8, 4) is 0 Å². The van der Waals surface area contributed by atoms with Gasteiger partial charge >= 0.3 is 0 Å². The normalized spacial score (nSPS) is 11.9. The molecule has 3 rings (SSSR count). The average Bonchev–Trinajstić information content (AvgIpc) is 2.89. The van der Waals surface area contributed by atoms with Crippen molar-refractivity contribution >= 4 is 17.1 Å². The zero-order valence-corrected chi connectivity index (χ0v) is 14.9. The van der Waals surface area contributed by atoms with Crippen molar-refractivity contribution < 1.29 is 5.11 Å². The molecule has 0 radical (unpaired) electrons. The largest absolute Gasteiger partial charge is 0.394 e. The molecule has 0 saturated carbocycles. The van der Waals surface area contributed by atoms with Gasteiger partial charge in [-0.05, 0) is 26.3 Å². The minimum Gasteiger partial charge on any atom is -0.394 e. The molecule has 0 aliphatic carbocycles. The number of hydrogen-bond donors (Lipinski definition) is 2. The number of aliphatic hydroxyl groups is 1. The van der Waals surface area contributed by atoms with Gasteiger partial charge in [-0.25, -0.2) is 4.98 Å². The third kappa shape index (κ3) is 3.28. The van der Waals surface area contributed by atoms with Gasteiger partial charge in [-0.1, -0.05) is 30.3 Å². The Labute approximate surface area is 146 Å². The number of rotatable bonds is 5.